The zero-order valence-corrected chi connectivity index (χ0v) is 15.5. The van der Waals surface area contributed by atoms with E-state index in [1.807, 2.05) is 31.2 Å². The predicted octanol–water partition coefficient (Wildman–Crippen LogP) is 5.45. The first-order valence-corrected chi connectivity index (χ1v) is 8.73. The van der Waals surface area contributed by atoms with E-state index in [1.165, 1.54) is 18.2 Å². The Kier molecular flexibility index (Phi) is 5.35. The maximum Gasteiger partial charge on any atom is 0.271 e. The van der Waals surface area contributed by atoms with E-state index in [-0.39, 0.29) is 11.7 Å². The molecule has 5 nitrogen and oxygen atoms in total. The van der Waals surface area contributed by atoms with Crippen LogP contribution in [0.25, 0.3) is 10.8 Å². The summed E-state index contributed by atoms with van der Waals surface area (Å²) in [6, 6.07) is 18.4. The van der Waals surface area contributed by atoms with Gasteiger partial charge in [0.05, 0.1) is 21.7 Å². The van der Waals surface area contributed by atoms with Gasteiger partial charge >= 0.3 is 0 Å². The number of hydrogen-bond acceptors (Lipinski definition) is 3. The molecule has 0 aliphatic rings. The third-order valence-electron chi connectivity index (χ3n) is 4.05. The Morgan fingerprint density at radius 3 is 2.65 bits per heavy atom. The summed E-state index contributed by atoms with van der Waals surface area (Å²) in [7, 11) is 0. The number of fused-ring (bicyclic) bond motifs is 1. The predicted molar refractivity (Wildman–Crippen MR) is 110 cm³/mol. The van der Waals surface area contributed by atoms with Crippen LogP contribution in [-0.4, -0.2) is 10.0 Å². The number of benzene rings is 3. The van der Waals surface area contributed by atoms with Gasteiger partial charge in [-0.15, -0.1) is 0 Å². The normalized spacial score (nSPS) is 11.8. The molecule has 0 saturated carbocycles. The fourth-order valence-electron chi connectivity index (χ4n) is 2.78. The lowest BCUT2D eigenvalue weighted by Crippen LogP contribution is -2.31. The van der Waals surface area contributed by atoms with E-state index >= 15 is 0 Å². The second-order valence-corrected chi connectivity index (χ2v) is 6.63. The van der Waals surface area contributed by atoms with Gasteiger partial charge in [-0.05, 0) is 41.5 Å². The SMILES string of the molecule is C[C@H](NC(=S)Nc1cc([N+](=O)[O-])ccc1Cl)c1cccc2ccccc12. The minimum Gasteiger partial charge on any atom is -0.356 e. The molecule has 0 bridgehead atoms. The first-order chi connectivity index (χ1) is 12.5. The Labute approximate surface area is 161 Å². The van der Waals surface area contributed by atoms with Crippen molar-refractivity contribution in [1.82, 2.24) is 5.32 Å². The van der Waals surface area contributed by atoms with Crippen molar-refractivity contribution >= 4 is 51.1 Å². The fraction of sp³-hybridized carbons (Fsp3) is 0.105. The number of halogens is 1. The summed E-state index contributed by atoms with van der Waals surface area (Å²) in [6.07, 6.45) is 0. The third-order valence-corrected chi connectivity index (χ3v) is 4.60. The first kappa shape index (κ1) is 18.1. The van der Waals surface area contributed by atoms with Crippen LogP contribution in [0, 0.1) is 10.1 Å². The second kappa shape index (κ2) is 7.68. The average molecular weight is 386 g/mol. The standard InChI is InChI=1S/C19H16ClN3O2S/c1-12(15-8-4-6-13-5-2-3-7-16(13)15)21-19(26)22-18-11-14(23(24)25)9-10-17(18)20/h2-12H,1H3,(H2,21,22,26)/t12-/m0/s1. The molecule has 0 spiro atoms. The molecule has 0 aromatic heterocycles. The third kappa shape index (κ3) is 3.92. The van der Waals surface area contributed by atoms with Crippen molar-refractivity contribution in [3.05, 3.63) is 81.4 Å². The van der Waals surface area contributed by atoms with Crippen LogP contribution in [0.2, 0.25) is 5.02 Å². The van der Waals surface area contributed by atoms with Gasteiger partial charge in [0.2, 0.25) is 0 Å². The van der Waals surface area contributed by atoms with Crippen molar-refractivity contribution in [2.45, 2.75) is 13.0 Å². The quantitative estimate of drug-likeness (QED) is 0.355. The Morgan fingerprint density at radius 2 is 1.88 bits per heavy atom. The molecule has 0 heterocycles. The molecule has 26 heavy (non-hydrogen) atoms. The van der Waals surface area contributed by atoms with Gasteiger partial charge in [0, 0.05) is 12.1 Å². The Bertz CT molecular complexity index is 988. The molecule has 0 amide bonds. The number of nitro groups is 1. The van der Waals surface area contributed by atoms with Gasteiger partial charge < -0.3 is 10.6 Å². The van der Waals surface area contributed by atoms with Crippen LogP contribution in [0.15, 0.2) is 60.7 Å². The van der Waals surface area contributed by atoms with Gasteiger partial charge in [0.15, 0.2) is 5.11 Å². The summed E-state index contributed by atoms with van der Waals surface area (Å²) in [4.78, 5) is 10.4. The van der Waals surface area contributed by atoms with Crippen LogP contribution < -0.4 is 10.6 Å². The molecule has 3 aromatic rings. The van der Waals surface area contributed by atoms with Crippen molar-refractivity contribution in [2.24, 2.45) is 0 Å². The minimum atomic E-state index is -0.475. The highest BCUT2D eigenvalue weighted by atomic mass is 35.5. The van der Waals surface area contributed by atoms with E-state index < -0.39 is 4.92 Å². The highest BCUT2D eigenvalue weighted by Gasteiger charge is 2.13. The van der Waals surface area contributed by atoms with Crippen LogP contribution in [0.1, 0.15) is 18.5 Å². The molecule has 0 aliphatic carbocycles. The lowest BCUT2D eigenvalue weighted by atomic mass is 10.00. The lowest BCUT2D eigenvalue weighted by molar-refractivity contribution is -0.384. The number of non-ortho nitro benzene ring substituents is 1. The molecule has 0 saturated heterocycles. The maximum atomic E-state index is 10.9. The summed E-state index contributed by atoms with van der Waals surface area (Å²) < 4.78 is 0. The van der Waals surface area contributed by atoms with E-state index in [9.17, 15) is 10.1 Å². The number of rotatable bonds is 4. The van der Waals surface area contributed by atoms with E-state index in [0.717, 1.165) is 16.3 Å². The lowest BCUT2D eigenvalue weighted by Gasteiger charge is -2.19. The molecule has 0 fully saturated rings. The van der Waals surface area contributed by atoms with Crippen molar-refractivity contribution in [3.63, 3.8) is 0 Å². The highest BCUT2D eigenvalue weighted by molar-refractivity contribution is 7.80. The van der Waals surface area contributed by atoms with Gasteiger partial charge in [-0.3, -0.25) is 10.1 Å². The first-order valence-electron chi connectivity index (χ1n) is 7.95. The van der Waals surface area contributed by atoms with Crippen LogP contribution >= 0.6 is 23.8 Å². The number of hydrogen-bond donors (Lipinski definition) is 2. The van der Waals surface area contributed by atoms with Crippen molar-refractivity contribution in [2.75, 3.05) is 5.32 Å². The largest absolute Gasteiger partial charge is 0.356 e. The average Bonchev–Trinajstić information content (AvgIpc) is 2.62. The highest BCUT2D eigenvalue weighted by Crippen LogP contribution is 2.27. The van der Waals surface area contributed by atoms with Crippen molar-refractivity contribution in [3.8, 4) is 0 Å². The van der Waals surface area contributed by atoms with Gasteiger partial charge in [-0.1, -0.05) is 54.1 Å². The molecule has 0 radical (unpaired) electrons. The molecule has 1 atom stereocenters. The number of nitrogens with zero attached hydrogens (tertiary/aromatic N) is 1. The zero-order valence-electron chi connectivity index (χ0n) is 13.9. The molecular formula is C19H16ClN3O2S. The summed E-state index contributed by atoms with van der Waals surface area (Å²) in [5.41, 5.74) is 1.45. The molecule has 0 aliphatic heterocycles. The van der Waals surface area contributed by atoms with E-state index in [0.29, 0.717) is 15.8 Å². The van der Waals surface area contributed by atoms with Gasteiger partial charge in [-0.25, -0.2) is 0 Å². The number of nitrogens with one attached hydrogen (secondary N) is 2. The summed E-state index contributed by atoms with van der Waals surface area (Å²) in [6.45, 7) is 2.00. The van der Waals surface area contributed by atoms with Crippen molar-refractivity contribution in [1.29, 1.82) is 0 Å². The summed E-state index contributed by atoms with van der Waals surface area (Å²) in [5, 5.41) is 20.1. The fourth-order valence-corrected chi connectivity index (χ4v) is 3.23. The van der Waals surface area contributed by atoms with Gasteiger partial charge in [0.1, 0.15) is 0 Å². The zero-order chi connectivity index (χ0) is 18.7. The van der Waals surface area contributed by atoms with Crippen LogP contribution in [0.5, 0.6) is 0 Å². The molecule has 0 unspecified atom stereocenters. The van der Waals surface area contributed by atoms with E-state index in [4.69, 9.17) is 23.8 Å². The molecular weight excluding hydrogens is 370 g/mol. The molecule has 132 valence electrons. The number of thiocarbonyl (C=S) groups is 1. The Balaban J connectivity index is 1.78. The number of nitro benzene ring substituents is 1. The minimum absolute atomic E-state index is 0.0539. The Hall–Kier alpha value is -2.70. The molecule has 2 N–H and O–H groups in total. The Morgan fingerprint density at radius 1 is 1.15 bits per heavy atom. The smallest absolute Gasteiger partial charge is 0.271 e. The molecule has 7 heteroatoms. The van der Waals surface area contributed by atoms with Gasteiger partial charge in [-0.2, -0.15) is 0 Å². The van der Waals surface area contributed by atoms with E-state index in [1.54, 1.807) is 0 Å². The molecule has 3 aromatic carbocycles. The van der Waals surface area contributed by atoms with Gasteiger partial charge in [0.25, 0.3) is 5.69 Å². The maximum absolute atomic E-state index is 10.9. The van der Waals surface area contributed by atoms with Crippen LogP contribution in [0.3, 0.4) is 0 Å². The van der Waals surface area contributed by atoms with Crippen molar-refractivity contribution < 1.29 is 4.92 Å². The van der Waals surface area contributed by atoms with Crippen LogP contribution in [0.4, 0.5) is 11.4 Å². The van der Waals surface area contributed by atoms with Crippen LogP contribution in [-0.2, 0) is 0 Å². The summed E-state index contributed by atoms with van der Waals surface area (Å²) >= 11 is 11.5. The second-order valence-electron chi connectivity index (χ2n) is 5.81. The summed E-state index contributed by atoms with van der Waals surface area (Å²) in [5.74, 6) is 0. The topological polar surface area (TPSA) is 67.2 Å². The number of anilines is 1. The monoisotopic (exact) mass is 385 g/mol. The van der Waals surface area contributed by atoms with E-state index in [2.05, 4.69) is 28.8 Å². The molecule has 3 rings (SSSR count).